The molecule has 6 heteroatoms. The van der Waals surface area contributed by atoms with E-state index in [4.69, 9.17) is 0 Å². The number of carbonyl (C=O) groups excluding carboxylic acids is 1. The van der Waals surface area contributed by atoms with E-state index < -0.39 is 0 Å². The molecule has 0 bridgehead atoms. The normalized spacial score (nSPS) is 16.4. The summed E-state index contributed by atoms with van der Waals surface area (Å²) in [4.78, 5) is 18.1. The third-order valence-electron chi connectivity index (χ3n) is 4.72. The van der Waals surface area contributed by atoms with Gasteiger partial charge in [0.25, 0.3) is 0 Å². The van der Waals surface area contributed by atoms with Gasteiger partial charge in [-0.05, 0) is 42.9 Å². The molecular formula is C19H18N4OS. The zero-order valence-corrected chi connectivity index (χ0v) is 14.8. The third-order valence-corrected chi connectivity index (χ3v) is 5.89. The Morgan fingerprint density at radius 3 is 3.16 bits per heavy atom. The quantitative estimate of drug-likeness (QED) is 0.782. The lowest BCUT2D eigenvalue weighted by molar-refractivity contribution is -0.116. The summed E-state index contributed by atoms with van der Waals surface area (Å²) in [5.74, 6) is 0.504. The van der Waals surface area contributed by atoms with Gasteiger partial charge in [0.2, 0.25) is 5.91 Å². The number of fused-ring (bicyclic) bond motifs is 2. The summed E-state index contributed by atoms with van der Waals surface area (Å²) in [7, 11) is 0. The van der Waals surface area contributed by atoms with Gasteiger partial charge in [0.15, 0.2) is 0 Å². The Labute approximate surface area is 149 Å². The average Bonchev–Trinajstić information content (AvgIpc) is 3.15. The van der Waals surface area contributed by atoms with Crippen molar-refractivity contribution in [2.24, 2.45) is 5.92 Å². The lowest BCUT2D eigenvalue weighted by Crippen LogP contribution is -2.18. The highest BCUT2D eigenvalue weighted by Crippen LogP contribution is 2.39. The first-order valence-electron chi connectivity index (χ1n) is 8.40. The van der Waals surface area contributed by atoms with Crippen molar-refractivity contribution in [3.8, 4) is 6.07 Å². The van der Waals surface area contributed by atoms with E-state index in [9.17, 15) is 10.1 Å². The number of nitrogens with one attached hydrogen (secondary N) is 1. The molecule has 0 spiro atoms. The van der Waals surface area contributed by atoms with Crippen LogP contribution in [0.1, 0.15) is 29.3 Å². The Morgan fingerprint density at radius 2 is 2.32 bits per heavy atom. The molecule has 4 rings (SSSR count). The highest BCUT2D eigenvalue weighted by atomic mass is 32.1. The zero-order valence-electron chi connectivity index (χ0n) is 14.0. The van der Waals surface area contributed by atoms with Gasteiger partial charge in [-0.1, -0.05) is 19.1 Å². The van der Waals surface area contributed by atoms with Crippen molar-refractivity contribution in [3.63, 3.8) is 0 Å². The first kappa shape index (κ1) is 15.9. The van der Waals surface area contributed by atoms with Crippen LogP contribution in [0.3, 0.4) is 0 Å². The molecule has 0 aliphatic heterocycles. The summed E-state index contributed by atoms with van der Waals surface area (Å²) in [6.07, 6.45) is 4.71. The number of nitrogens with zero attached hydrogens (tertiary/aromatic N) is 3. The van der Waals surface area contributed by atoms with Crippen LogP contribution in [0.25, 0.3) is 11.0 Å². The Kier molecular flexibility index (Phi) is 4.02. The van der Waals surface area contributed by atoms with E-state index in [0.717, 1.165) is 35.9 Å². The topological polar surface area (TPSA) is 70.7 Å². The van der Waals surface area contributed by atoms with Crippen molar-refractivity contribution in [1.82, 2.24) is 9.55 Å². The van der Waals surface area contributed by atoms with Crippen LogP contribution >= 0.6 is 11.3 Å². The molecule has 2 aromatic heterocycles. The molecule has 126 valence electrons. The molecule has 5 nitrogen and oxygen atoms in total. The van der Waals surface area contributed by atoms with Gasteiger partial charge < -0.3 is 9.88 Å². The predicted octanol–water partition coefficient (Wildman–Crippen LogP) is 3.73. The molecule has 1 aliphatic carbocycles. The largest absolute Gasteiger partial charge is 0.321 e. The smallest absolute Gasteiger partial charge is 0.245 e. The Morgan fingerprint density at radius 1 is 1.48 bits per heavy atom. The fraction of sp³-hybridized carbons (Fsp3) is 0.316. The number of amides is 1. The van der Waals surface area contributed by atoms with Crippen molar-refractivity contribution in [3.05, 3.63) is 46.6 Å². The summed E-state index contributed by atoms with van der Waals surface area (Å²) in [6, 6.07) is 10.0. The second-order valence-corrected chi connectivity index (χ2v) is 7.68. The number of imidazole rings is 1. The maximum atomic E-state index is 12.5. The maximum Gasteiger partial charge on any atom is 0.245 e. The summed E-state index contributed by atoms with van der Waals surface area (Å²) in [5.41, 5.74) is 3.58. The molecule has 1 unspecified atom stereocenters. The standard InChI is InChI=1S/C19H18N4OS/c1-12-6-7-13-14(9-20)19(25-17(13)8-12)22-18(24)10-23-11-21-15-4-2-3-5-16(15)23/h2-5,11-12H,6-8,10H2,1H3,(H,22,24). The number of hydrogen-bond donors (Lipinski definition) is 1. The van der Waals surface area contributed by atoms with Gasteiger partial charge in [-0.25, -0.2) is 4.98 Å². The van der Waals surface area contributed by atoms with Crippen molar-refractivity contribution < 1.29 is 4.79 Å². The molecule has 0 fully saturated rings. The molecule has 25 heavy (non-hydrogen) atoms. The lowest BCUT2D eigenvalue weighted by Gasteiger charge is -2.17. The van der Waals surface area contributed by atoms with E-state index in [1.165, 1.54) is 4.88 Å². The SMILES string of the molecule is CC1CCc2c(sc(NC(=O)Cn3cnc4ccccc43)c2C#N)C1. The molecule has 1 amide bonds. The van der Waals surface area contributed by atoms with Crippen molar-refractivity contribution in [1.29, 1.82) is 5.26 Å². The number of para-hydroxylation sites is 2. The Bertz CT molecular complexity index is 995. The van der Waals surface area contributed by atoms with Gasteiger partial charge in [0.1, 0.15) is 17.6 Å². The van der Waals surface area contributed by atoms with Gasteiger partial charge in [-0.15, -0.1) is 11.3 Å². The lowest BCUT2D eigenvalue weighted by atomic mass is 9.89. The van der Waals surface area contributed by atoms with E-state index in [0.29, 0.717) is 16.5 Å². The van der Waals surface area contributed by atoms with Crippen LogP contribution in [0, 0.1) is 17.2 Å². The summed E-state index contributed by atoms with van der Waals surface area (Å²) < 4.78 is 1.83. The number of hydrogen-bond acceptors (Lipinski definition) is 4. The number of aromatic nitrogens is 2. The first-order chi connectivity index (χ1) is 12.2. The minimum Gasteiger partial charge on any atom is -0.321 e. The molecule has 3 aromatic rings. The minimum absolute atomic E-state index is 0.133. The highest BCUT2D eigenvalue weighted by molar-refractivity contribution is 7.16. The molecule has 1 atom stereocenters. The Hall–Kier alpha value is -2.65. The average molecular weight is 350 g/mol. The molecular weight excluding hydrogens is 332 g/mol. The number of benzene rings is 1. The van der Waals surface area contributed by atoms with Crippen molar-refractivity contribution in [2.75, 3.05) is 5.32 Å². The van der Waals surface area contributed by atoms with E-state index in [1.54, 1.807) is 17.7 Å². The van der Waals surface area contributed by atoms with Crippen LogP contribution in [-0.4, -0.2) is 15.5 Å². The summed E-state index contributed by atoms with van der Waals surface area (Å²) in [5, 5.41) is 13.2. The fourth-order valence-corrected chi connectivity index (χ4v) is 4.79. The van der Waals surface area contributed by atoms with Crippen molar-refractivity contribution >= 4 is 33.3 Å². The van der Waals surface area contributed by atoms with Crippen molar-refractivity contribution in [2.45, 2.75) is 32.7 Å². The highest BCUT2D eigenvalue weighted by Gasteiger charge is 2.24. The van der Waals surface area contributed by atoms with Crippen LogP contribution in [0.5, 0.6) is 0 Å². The zero-order chi connectivity index (χ0) is 17.4. The van der Waals surface area contributed by atoms with E-state index >= 15 is 0 Å². The molecule has 1 N–H and O–H groups in total. The molecule has 1 aromatic carbocycles. The molecule has 0 radical (unpaired) electrons. The number of anilines is 1. The van der Waals surface area contributed by atoms with Crippen LogP contribution in [0.2, 0.25) is 0 Å². The Balaban J connectivity index is 1.56. The molecule has 0 saturated heterocycles. The first-order valence-corrected chi connectivity index (χ1v) is 9.21. The van der Waals surface area contributed by atoms with Crippen LogP contribution < -0.4 is 5.32 Å². The van der Waals surface area contributed by atoms with Crippen LogP contribution in [-0.2, 0) is 24.2 Å². The second kappa shape index (κ2) is 6.34. The monoisotopic (exact) mass is 350 g/mol. The van der Waals surface area contributed by atoms with Gasteiger partial charge in [-0.3, -0.25) is 4.79 Å². The van der Waals surface area contributed by atoms with Crippen LogP contribution in [0.4, 0.5) is 5.00 Å². The third kappa shape index (κ3) is 2.92. The van der Waals surface area contributed by atoms with E-state index in [-0.39, 0.29) is 12.5 Å². The number of carbonyl (C=O) groups is 1. The number of nitriles is 1. The minimum atomic E-state index is -0.133. The van der Waals surface area contributed by atoms with E-state index in [2.05, 4.69) is 23.3 Å². The fourth-order valence-electron chi connectivity index (χ4n) is 3.41. The number of thiophene rings is 1. The number of rotatable bonds is 3. The molecule has 1 aliphatic rings. The second-order valence-electron chi connectivity index (χ2n) is 6.58. The molecule has 2 heterocycles. The van der Waals surface area contributed by atoms with E-state index in [1.807, 2.05) is 28.8 Å². The summed E-state index contributed by atoms with van der Waals surface area (Å²) >= 11 is 1.56. The predicted molar refractivity (Wildman–Crippen MR) is 98.6 cm³/mol. The molecule has 0 saturated carbocycles. The van der Waals surface area contributed by atoms with Gasteiger partial charge in [-0.2, -0.15) is 5.26 Å². The van der Waals surface area contributed by atoms with Gasteiger partial charge >= 0.3 is 0 Å². The van der Waals surface area contributed by atoms with Crippen LogP contribution in [0.15, 0.2) is 30.6 Å². The summed E-state index contributed by atoms with van der Waals surface area (Å²) in [6.45, 7) is 2.42. The maximum absolute atomic E-state index is 12.5. The van der Waals surface area contributed by atoms with Gasteiger partial charge in [0, 0.05) is 4.88 Å². The van der Waals surface area contributed by atoms with Gasteiger partial charge in [0.05, 0.1) is 22.9 Å².